The van der Waals surface area contributed by atoms with Crippen molar-refractivity contribution in [2.75, 3.05) is 0 Å². The van der Waals surface area contributed by atoms with Gasteiger partial charge in [-0.2, -0.15) is 16.8 Å². The molecule has 0 aromatic heterocycles. The molecule has 0 saturated carbocycles. The Morgan fingerprint density at radius 1 is 0.677 bits per heavy atom. The molecule has 11 heteroatoms. The van der Waals surface area contributed by atoms with E-state index in [1.807, 2.05) is 30.3 Å². The molecule has 0 amide bonds. The molecule has 4 aromatic carbocycles. The maximum absolute atomic E-state index is 11.8. The van der Waals surface area contributed by atoms with Gasteiger partial charge in [-0.3, -0.25) is 9.11 Å². The third kappa shape index (κ3) is 3.99. The summed E-state index contributed by atoms with van der Waals surface area (Å²) in [7, 11) is -9.72. The first-order chi connectivity index (χ1) is 14.6. The van der Waals surface area contributed by atoms with Crippen LogP contribution in [0.1, 0.15) is 0 Å². The molecular weight excluding hydrogens is 444 g/mol. The summed E-state index contributed by atoms with van der Waals surface area (Å²) < 4.78 is 65.4. The summed E-state index contributed by atoms with van der Waals surface area (Å²) in [4.78, 5) is -1.64. The van der Waals surface area contributed by atoms with Crippen molar-refractivity contribution in [3.63, 3.8) is 0 Å². The predicted molar refractivity (Wildman–Crippen MR) is 113 cm³/mol. The lowest BCUT2D eigenvalue weighted by atomic mass is 10.1. The highest BCUT2D eigenvalue weighted by Gasteiger charge is 2.23. The maximum atomic E-state index is 11.8. The molecule has 4 aromatic rings. The minimum atomic E-state index is -4.96. The maximum Gasteiger partial charge on any atom is 0.295 e. The van der Waals surface area contributed by atoms with Gasteiger partial charge in [-0.15, -0.1) is 10.2 Å². The molecule has 0 atom stereocenters. The topological polar surface area (TPSA) is 154 Å². The molecule has 0 spiro atoms. The van der Waals surface area contributed by atoms with E-state index in [1.165, 1.54) is 12.1 Å². The van der Waals surface area contributed by atoms with Gasteiger partial charge in [-0.05, 0) is 35.0 Å². The van der Waals surface area contributed by atoms with Crippen LogP contribution < -0.4 is 0 Å². The summed E-state index contributed by atoms with van der Waals surface area (Å²) in [5.74, 6) is -0.629. The number of aromatic hydroxyl groups is 1. The number of hydrogen-bond acceptors (Lipinski definition) is 7. The Labute approximate surface area is 176 Å². The van der Waals surface area contributed by atoms with E-state index in [2.05, 4.69) is 10.2 Å². The first-order valence-corrected chi connectivity index (χ1v) is 11.6. The van der Waals surface area contributed by atoms with E-state index < -0.39 is 35.8 Å². The number of benzene rings is 4. The smallest absolute Gasteiger partial charge is 0.295 e. The number of phenolic OH excluding ortho intramolecular Hbond substituents is 1. The summed E-state index contributed by atoms with van der Waals surface area (Å²) in [5, 5.41) is 20.1. The van der Waals surface area contributed by atoms with Crippen LogP contribution in [0.3, 0.4) is 0 Å². The van der Waals surface area contributed by atoms with Gasteiger partial charge >= 0.3 is 0 Å². The molecule has 158 valence electrons. The number of azo groups is 1. The molecule has 0 unspecified atom stereocenters. The molecule has 9 nitrogen and oxygen atoms in total. The van der Waals surface area contributed by atoms with E-state index >= 15 is 0 Å². The molecule has 0 aliphatic heterocycles. The van der Waals surface area contributed by atoms with Crippen LogP contribution in [0.15, 0.2) is 86.7 Å². The zero-order valence-corrected chi connectivity index (χ0v) is 17.2. The van der Waals surface area contributed by atoms with Crippen LogP contribution in [0.25, 0.3) is 21.5 Å². The van der Waals surface area contributed by atoms with Gasteiger partial charge in [0.15, 0.2) is 5.75 Å². The molecule has 0 bridgehead atoms. The van der Waals surface area contributed by atoms with E-state index in [0.29, 0.717) is 11.8 Å². The molecule has 0 saturated heterocycles. The van der Waals surface area contributed by atoms with Gasteiger partial charge in [0, 0.05) is 10.8 Å². The van der Waals surface area contributed by atoms with Crippen molar-refractivity contribution in [3.05, 3.63) is 66.7 Å². The van der Waals surface area contributed by atoms with Gasteiger partial charge in [0.05, 0.1) is 10.6 Å². The summed E-state index contributed by atoms with van der Waals surface area (Å²) in [6.45, 7) is 0. The van der Waals surface area contributed by atoms with Crippen LogP contribution in [-0.2, 0) is 20.2 Å². The van der Waals surface area contributed by atoms with Gasteiger partial charge in [-0.1, -0.05) is 42.5 Å². The summed E-state index contributed by atoms with van der Waals surface area (Å²) in [6.07, 6.45) is 0. The highest BCUT2D eigenvalue weighted by atomic mass is 32.2. The Morgan fingerprint density at radius 2 is 1.35 bits per heavy atom. The first-order valence-electron chi connectivity index (χ1n) is 8.70. The number of rotatable bonds is 4. The van der Waals surface area contributed by atoms with Crippen molar-refractivity contribution in [2.45, 2.75) is 9.79 Å². The Morgan fingerprint density at radius 3 is 2.06 bits per heavy atom. The molecule has 0 aliphatic rings. The minimum Gasteiger partial charge on any atom is -0.505 e. The normalized spacial score (nSPS) is 12.7. The van der Waals surface area contributed by atoms with Crippen molar-refractivity contribution < 1.29 is 31.0 Å². The lowest BCUT2D eigenvalue weighted by Crippen LogP contribution is -2.04. The second-order valence-corrected chi connectivity index (χ2v) is 9.41. The number of nitrogens with zero attached hydrogens (tertiary/aromatic N) is 2. The fourth-order valence-electron chi connectivity index (χ4n) is 3.21. The Kier molecular flexibility index (Phi) is 4.98. The summed E-state index contributed by atoms with van der Waals surface area (Å²) in [5.41, 5.74) is 0.402. The zero-order chi connectivity index (χ0) is 22.4. The van der Waals surface area contributed by atoms with Crippen LogP contribution in [-0.4, -0.2) is 31.0 Å². The average Bonchev–Trinajstić information content (AvgIpc) is 2.71. The summed E-state index contributed by atoms with van der Waals surface area (Å²) in [6, 6.07) is 16.9. The zero-order valence-electron chi connectivity index (χ0n) is 15.5. The van der Waals surface area contributed by atoms with Gasteiger partial charge < -0.3 is 5.11 Å². The van der Waals surface area contributed by atoms with Gasteiger partial charge in [0.2, 0.25) is 0 Å². The molecule has 0 heterocycles. The van der Waals surface area contributed by atoms with Crippen LogP contribution in [0.4, 0.5) is 11.4 Å². The second kappa shape index (κ2) is 7.39. The lowest BCUT2D eigenvalue weighted by molar-refractivity contribution is 0.473. The standard InChI is InChI=1S/C20H14N2O7S2/c23-20-17(22-21-16-7-3-5-12-4-1-2-6-15(12)16)9-8-13-10-14(30(24,25)26)11-18(19(13)20)31(27,28)29/h1-11,23H,(H,24,25,26)(H,27,28,29)/b22-21+. The van der Waals surface area contributed by atoms with Crippen molar-refractivity contribution >= 4 is 53.2 Å². The van der Waals surface area contributed by atoms with E-state index in [0.717, 1.165) is 16.8 Å². The fraction of sp³-hybridized carbons (Fsp3) is 0. The van der Waals surface area contributed by atoms with Crippen LogP contribution in [0, 0.1) is 0 Å². The van der Waals surface area contributed by atoms with Crippen molar-refractivity contribution in [1.29, 1.82) is 0 Å². The average molecular weight is 458 g/mol. The predicted octanol–water partition coefficient (Wildman–Crippen LogP) is 4.61. The highest BCUT2D eigenvalue weighted by Crippen LogP contribution is 2.40. The van der Waals surface area contributed by atoms with E-state index in [9.17, 15) is 31.0 Å². The second-order valence-electron chi connectivity index (χ2n) is 6.60. The Balaban J connectivity index is 1.93. The monoisotopic (exact) mass is 458 g/mol. The van der Waals surface area contributed by atoms with Gasteiger partial charge in [0.1, 0.15) is 10.6 Å². The van der Waals surface area contributed by atoms with Gasteiger partial charge in [0.25, 0.3) is 20.2 Å². The first kappa shape index (κ1) is 20.9. The SMILES string of the molecule is O=S(=O)(O)c1cc(S(=O)(=O)O)c2c(O)c(/N=N/c3cccc4ccccc34)ccc2c1. The number of hydrogen-bond donors (Lipinski definition) is 3. The fourth-order valence-corrected chi connectivity index (χ4v) is 4.57. The van der Waals surface area contributed by atoms with Crippen LogP contribution in [0.2, 0.25) is 0 Å². The molecule has 0 radical (unpaired) electrons. The Hall–Kier alpha value is -3.38. The molecule has 4 rings (SSSR count). The Bertz CT molecular complexity index is 1590. The van der Waals surface area contributed by atoms with Crippen molar-refractivity contribution in [3.8, 4) is 5.75 Å². The highest BCUT2D eigenvalue weighted by molar-refractivity contribution is 7.86. The van der Waals surface area contributed by atoms with Crippen LogP contribution in [0.5, 0.6) is 5.75 Å². The van der Waals surface area contributed by atoms with Gasteiger partial charge in [-0.25, -0.2) is 0 Å². The third-order valence-corrected chi connectivity index (χ3v) is 6.32. The molecule has 31 heavy (non-hydrogen) atoms. The van der Waals surface area contributed by atoms with E-state index in [1.54, 1.807) is 12.1 Å². The minimum absolute atomic E-state index is 0.0515. The number of fused-ring (bicyclic) bond motifs is 2. The van der Waals surface area contributed by atoms with E-state index in [4.69, 9.17) is 0 Å². The third-order valence-electron chi connectivity index (χ3n) is 4.61. The van der Waals surface area contributed by atoms with Crippen molar-refractivity contribution in [2.24, 2.45) is 10.2 Å². The van der Waals surface area contributed by atoms with E-state index in [-0.39, 0.29) is 16.5 Å². The summed E-state index contributed by atoms with van der Waals surface area (Å²) >= 11 is 0. The lowest BCUT2D eigenvalue weighted by Gasteiger charge is -2.10. The van der Waals surface area contributed by atoms with Crippen LogP contribution >= 0.6 is 0 Å². The molecule has 0 aliphatic carbocycles. The van der Waals surface area contributed by atoms with Crippen molar-refractivity contribution in [1.82, 2.24) is 0 Å². The number of phenols is 1. The molecule has 0 fully saturated rings. The largest absolute Gasteiger partial charge is 0.505 e. The molecular formula is C20H14N2O7S2. The quantitative estimate of drug-likeness (QED) is 0.298. The molecule has 3 N–H and O–H groups in total.